The minimum atomic E-state index is -0.392. The van der Waals surface area contributed by atoms with Crippen LogP contribution >= 0.6 is 0 Å². The third-order valence-corrected chi connectivity index (χ3v) is 6.49. The number of pyridine rings is 3. The molecule has 5 N–H and O–H groups in total. The molecule has 0 fully saturated rings. The van der Waals surface area contributed by atoms with Gasteiger partial charge in [0.15, 0.2) is 11.5 Å². The van der Waals surface area contributed by atoms with Crippen molar-refractivity contribution in [3.05, 3.63) is 67.1 Å². The molecule has 40 heavy (non-hydrogen) atoms. The number of nitrogen functional groups attached to an aromatic ring is 1. The van der Waals surface area contributed by atoms with E-state index in [4.69, 9.17) is 30.4 Å². The molecule has 4 heterocycles. The van der Waals surface area contributed by atoms with Crippen LogP contribution in [-0.4, -0.2) is 58.4 Å². The van der Waals surface area contributed by atoms with Gasteiger partial charge in [-0.05, 0) is 35.7 Å². The molecule has 6 aromatic rings. The van der Waals surface area contributed by atoms with Crippen molar-refractivity contribution in [2.24, 2.45) is 5.73 Å². The lowest BCUT2D eigenvalue weighted by Gasteiger charge is -2.14. The number of H-pyrrole nitrogens is 1. The lowest BCUT2D eigenvalue weighted by molar-refractivity contribution is 0.212. The van der Waals surface area contributed by atoms with Gasteiger partial charge in [-0.25, -0.2) is 4.98 Å². The number of aromatic nitrogens is 5. The largest absolute Gasteiger partial charge is 0.493 e. The Hall–Kier alpha value is -5.16. The average Bonchev–Trinajstić information content (AvgIpc) is 3.41. The van der Waals surface area contributed by atoms with Crippen molar-refractivity contribution in [3.63, 3.8) is 0 Å². The number of hydrogen-bond acceptors (Lipinski definition) is 10. The van der Waals surface area contributed by atoms with Gasteiger partial charge in [-0.1, -0.05) is 12.1 Å². The zero-order valence-electron chi connectivity index (χ0n) is 21.9. The van der Waals surface area contributed by atoms with Crippen molar-refractivity contribution in [1.29, 1.82) is 0 Å². The van der Waals surface area contributed by atoms with E-state index >= 15 is 0 Å². The van der Waals surface area contributed by atoms with E-state index in [-0.39, 0.29) is 13.2 Å². The molecule has 0 unspecified atom stereocenters. The van der Waals surface area contributed by atoms with Gasteiger partial charge in [-0.3, -0.25) is 9.97 Å². The number of ether oxygens (including phenoxy) is 4. The molecule has 0 aliphatic rings. The fourth-order valence-electron chi connectivity index (χ4n) is 4.48. The summed E-state index contributed by atoms with van der Waals surface area (Å²) in [5.74, 6) is 2.09. The zero-order chi connectivity index (χ0) is 27.6. The van der Waals surface area contributed by atoms with Crippen molar-refractivity contribution in [1.82, 2.24) is 24.9 Å². The van der Waals surface area contributed by atoms with Crippen LogP contribution in [0.25, 0.3) is 44.0 Å². The van der Waals surface area contributed by atoms with E-state index in [9.17, 15) is 0 Å². The number of benzene rings is 2. The number of fused-ring (bicyclic) bond motifs is 4. The molecule has 0 aliphatic heterocycles. The second-order valence-electron chi connectivity index (χ2n) is 9.19. The third kappa shape index (κ3) is 4.85. The van der Waals surface area contributed by atoms with Crippen LogP contribution in [0.15, 0.2) is 67.1 Å². The van der Waals surface area contributed by atoms with E-state index in [2.05, 4.69) is 24.9 Å². The van der Waals surface area contributed by atoms with Gasteiger partial charge in [0.2, 0.25) is 0 Å². The SMILES string of the molecule is COc1cc2ncc3c(N)nc(-c4cncc(OC[C@@H](N)COc5nc6ccccc6[nH]5)c4)cc3c2cc1OC. The van der Waals surface area contributed by atoms with Gasteiger partial charge < -0.3 is 35.4 Å². The monoisotopic (exact) mass is 537 g/mol. The fourth-order valence-corrected chi connectivity index (χ4v) is 4.48. The first-order valence-electron chi connectivity index (χ1n) is 12.5. The lowest BCUT2D eigenvalue weighted by Crippen LogP contribution is -2.34. The number of nitrogens with zero attached hydrogens (tertiary/aromatic N) is 4. The maximum Gasteiger partial charge on any atom is 0.294 e. The van der Waals surface area contributed by atoms with Crippen molar-refractivity contribution in [3.8, 4) is 34.5 Å². The molecule has 0 saturated heterocycles. The highest BCUT2D eigenvalue weighted by Gasteiger charge is 2.14. The van der Waals surface area contributed by atoms with Crippen LogP contribution in [-0.2, 0) is 0 Å². The molecular weight excluding hydrogens is 510 g/mol. The van der Waals surface area contributed by atoms with Crippen molar-refractivity contribution < 1.29 is 18.9 Å². The zero-order valence-corrected chi connectivity index (χ0v) is 21.9. The Balaban J connectivity index is 1.21. The van der Waals surface area contributed by atoms with Gasteiger partial charge in [0, 0.05) is 34.8 Å². The van der Waals surface area contributed by atoms with Crippen LogP contribution in [0.4, 0.5) is 5.82 Å². The fraction of sp³-hybridized carbons (Fsp3) is 0.172. The molecule has 6 rings (SSSR count). The predicted molar refractivity (Wildman–Crippen MR) is 153 cm³/mol. The van der Waals surface area contributed by atoms with Gasteiger partial charge >= 0.3 is 0 Å². The summed E-state index contributed by atoms with van der Waals surface area (Å²) >= 11 is 0. The second-order valence-corrected chi connectivity index (χ2v) is 9.19. The van der Waals surface area contributed by atoms with E-state index in [1.807, 2.05) is 48.5 Å². The third-order valence-electron chi connectivity index (χ3n) is 6.49. The van der Waals surface area contributed by atoms with Crippen LogP contribution in [0.1, 0.15) is 0 Å². The molecule has 0 amide bonds. The molecule has 1 atom stereocenters. The molecule has 0 bridgehead atoms. The number of aromatic amines is 1. The second kappa shape index (κ2) is 10.5. The minimum Gasteiger partial charge on any atom is -0.493 e. The van der Waals surface area contributed by atoms with Crippen LogP contribution in [0, 0.1) is 0 Å². The first-order valence-corrected chi connectivity index (χ1v) is 12.5. The van der Waals surface area contributed by atoms with E-state index in [0.29, 0.717) is 34.8 Å². The number of hydrogen-bond donors (Lipinski definition) is 3. The normalized spacial score (nSPS) is 12.1. The van der Waals surface area contributed by atoms with Gasteiger partial charge in [-0.15, -0.1) is 0 Å². The van der Waals surface area contributed by atoms with Crippen LogP contribution in [0.5, 0.6) is 23.3 Å². The summed E-state index contributed by atoms with van der Waals surface area (Å²) in [5.41, 5.74) is 16.4. The van der Waals surface area contributed by atoms with Gasteiger partial charge in [-0.2, -0.15) is 4.98 Å². The van der Waals surface area contributed by atoms with E-state index in [0.717, 1.165) is 38.3 Å². The summed E-state index contributed by atoms with van der Waals surface area (Å²) in [6.07, 6.45) is 5.04. The Kier molecular flexibility index (Phi) is 6.62. The number of nitrogens with one attached hydrogen (secondary N) is 1. The maximum absolute atomic E-state index is 6.36. The Labute approximate surface area is 229 Å². The molecule has 0 radical (unpaired) electrons. The number of rotatable bonds is 9. The Morgan fingerprint density at radius 3 is 2.45 bits per heavy atom. The quantitative estimate of drug-likeness (QED) is 0.229. The Morgan fingerprint density at radius 2 is 1.62 bits per heavy atom. The smallest absolute Gasteiger partial charge is 0.294 e. The molecular formula is C29H27N7O4. The van der Waals surface area contributed by atoms with Crippen molar-refractivity contribution >= 4 is 38.5 Å². The maximum atomic E-state index is 6.36. The summed E-state index contributed by atoms with van der Waals surface area (Å²) in [4.78, 5) is 21.0. The molecule has 0 aliphatic carbocycles. The molecule has 0 spiro atoms. The summed E-state index contributed by atoms with van der Waals surface area (Å²) < 4.78 is 22.6. The highest BCUT2D eigenvalue weighted by atomic mass is 16.5. The summed E-state index contributed by atoms with van der Waals surface area (Å²) in [6.45, 7) is 0.446. The number of nitrogens with two attached hydrogens (primary N) is 2. The summed E-state index contributed by atoms with van der Waals surface area (Å²) in [7, 11) is 3.19. The van der Waals surface area contributed by atoms with Gasteiger partial charge in [0.1, 0.15) is 24.8 Å². The first kappa shape index (κ1) is 25.1. The number of para-hydroxylation sites is 2. The standard InChI is InChI=1S/C29H27N7O4/c1-37-26-9-20-19-8-24(34-28(31)21(19)13-33-25(20)10-27(26)38-2)16-7-18(12-32-11-16)39-14-17(30)15-40-29-35-22-5-3-4-6-23(22)36-29/h3-13,17H,14-15,30H2,1-2H3,(H2,31,34)(H,35,36)/t17-/m1/s1. The van der Waals surface area contributed by atoms with Crippen LogP contribution in [0.2, 0.25) is 0 Å². The molecule has 11 nitrogen and oxygen atoms in total. The number of imidazole rings is 1. The first-order chi connectivity index (χ1) is 19.5. The highest BCUT2D eigenvalue weighted by molar-refractivity contribution is 6.10. The average molecular weight is 538 g/mol. The highest BCUT2D eigenvalue weighted by Crippen LogP contribution is 2.37. The van der Waals surface area contributed by atoms with Crippen molar-refractivity contribution in [2.45, 2.75) is 6.04 Å². The van der Waals surface area contributed by atoms with Gasteiger partial charge in [0.25, 0.3) is 6.01 Å². The molecule has 0 saturated carbocycles. The predicted octanol–water partition coefficient (Wildman–Crippen LogP) is 4.11. The molecule has 11 heteroatoms. The van der Waals surface area contributed by atoms with E-state index in [1.54, 1.807) is 32.8 Å². The van der Waals surface area contributed by atoms with E-state index in [1.165, 1.54) is 0 Å². The Bertz CT molecular complexity index is 1810. The number of anilines is 1. The topological polar surface area (TPSA) is 156 Å². The Morgan fingerprint density at radius 1 is 0.825 bits per heavy atom. The van der Waals surface area contributed by atoms with Gasteiger partial charge in [0.05, 0.1) is 48.7 Å². The minimum absolute atomic E-state index is 0.219. The number of methoxy groups -OCH3 is 2. The molecule has 4 aromatic heterocycles. The van der Waals surface area contributed by atoms with Crippen LogP contribution in [0.3, 0.4) is 0 Å². The van der Waals surface area contributed by atoms with Crippen LogP contribution < -0.4 is 30.4 Å². The van der Waals surface area contributed by atoms with Crippen molar-refractivity contribution in [2.75, 3.05) is 33.2 Å². The molecule has 2 aromatic carbocycles. The lowest BCUT2D eigenvalue weighted by atomic mass is 10.0. The summed E-state index contributed by atoms with van der Waals surface area (Å²) in [5, 5.41) is 2.48. The molecule has 202 valence electrons. The summed E-state index contributed by atoms with van der Waals surface area (Å²) in [6, 6.07) is 15.2. The van der Waals surface area contributed by atoms with E-state index < -0.39 is 6.04 Å².